The molecule has 0 spiro atoms. The van der Waals surface area contributed by atoms with Crippen molar-refractivity contribution in [1.29, 1.82) is 0 Å². The molecule has 2 fully saturated rings. The van der Waals surface area contributed by atoms with Gasteiger partial charge in [-0.1, -0.05) is 18.4 Å². The Hall–Kier alpha value is -1.53. The van der Waals surface area contributed by atoms with Crippen molar-refractivity contribution in [1.82, 2.24) is 10.4 Å². The maximum Gasteiger partial charge on any atom is 0.190 e. The van der Waals surface area contributed by atoms with Gasteiger partial charge in [0, 0.05) is 6.04 Å². The van der Waals surface area contributed by atoms with E-state index in [1.54, 1.807) is 0 Å². The van der Waals surface area contributed by atoms with Gasteiger partial charge < -0.3 is 16.4 Å². The largest absolute Gasteiger partial charge is 0.370 e. The summed E-state index contributed by atoms with van der Waals surface area (Å²) in [6.45, 7) is 5.73. The predicted molar refractivity (Wildman–Crippen MR) is 101 cm³/mol. The number of nitrogens with two attached hydrogens (primary N) is 2. The topological polar surface area (TPSA) is 99.9 Å². The van der Waals surface area contributed by atoms with E-state index in [1.165, 1.54) is 37.7 Å². The zero-order chi connectivity index (χ0) is 18.2. The van der Waals surface area contributed by atoms with E-state index in [0.29, 0.717) is 29.0 Å². The van der Waals surface area contributed by atoms with Crippen LogP contribution in [0.15, 0.2) is 28.0 Å². The van der Waals surface area contributed by atoms with Crippen LogP contribution < -0.4 is 16.9 Å². The van der Waals surface area contributed by atoms with E-state index in [0.717, 1.165) is 18.7 Å². The second-order valence-electron chi connectivity index (χ2n) is 8.21. The number of fused-ring (bicyclic) bond motifs is 1. The lowest BCUT2D eigenvalue weighted by molar-refractivity contribution is -0.0612. The zero-order valence-corrected chi connectivity index (χ0v) is 15.8. The molecule has 6 heteroatoms. The fourth-order valence-corrected chi connectivity index (χ4v) is 5.72. The zero-order valence-electron chi connectivity index (χ0n) is 15.8. The van der Waals surface area contributed by atoms with Gasteiger partial charge in [-0.05, 0) is 76.5 Å². The maximum absolute atomic E-state index is 9.49. The molecular formula is C19H33N5O. The number of hydrogen-bond acceptors (Lipinski definition) is 4. The molecule has 0 aromatic rings. The number of likely N-dealkylation sites (tertiary alicyclic amines) is 1. The minimum absolute atomic E-state index is 0.0453. The van der Waals surface area contributed by atoms with E-state index in [4.69, 9.17) is 11.5 Å². The molecule has 1 heterocycles. The van der Waals surface area contributed by atoms with Crippen molar-refractivity contribution >= 4 is 5.96 Å². The molecule has 4 atom stereocenters. The number of aliphatic imine (C=N–C) groups is 1. The summed E-state index contributed by atoms with van der Waals surface area (Å²) in [5.41, 5.74) is 16.6. The Morgan fingerprint density at radius 3 is 2.80 bits per heavy atom. The highest BCUT2D eigenvalue weighted by Gasteiger charge is 2.52. The Labute approximate surface area is 151 Å². The molecule has 0 bridgehead atoms. The van der Waals surface area contributed by atoms with Crippen LogP contribution in [-0.4, -0.2) is 35.7 Å². The fraction of sp³-hybridized carbons (Fsp3) is 0.737. The third-order valence-corrected chi connectivity index (χ3v) is 7.06. The molecule has 1 saturated carbocycles. The summed E-state index contributed by atoms with van der Waals surface area (Å²) in [4.78, 5) is 6.83. The minimum Gasteiger partial charge on any atom is -0.370 e. The Kier molecular flexibility index (Phi) is 5.11. The molecule has 6 nitrogen and oxygen atoms in total. The normalized spacial score (nSPS) is 36.5. The van der Waals surface area contributed by atoms with E-state index in [2.05, 4.69) is 36.3 Å². The molecule has 25 heavy (non-hydrogen) atoms. The van der Waals surface area contributed by atoms with Crippen molar-refractivity contribution < 1.29 is 5.21 Å². The molecule has 140 valence electrons. The van der Waals surface area contributed by atoms with Crippen LogP contribution in [0.3, 0.4) is 0 Å². The number of nitrogens with one attached hydrogen (secondary N) is 1. The average Bonchev–Trinajstić information content (AvgIpc) is 2.59. The molecule has 3 rings (SSSR count). The first-order chi connectivity index (χ1) is 11.9. The first-order valence-corrected chi connectivity index (χ1v) is 9.50. The Morgan fingerprint density at radius 2 is 2.12 bits per heavy atom. The van der Waals surface area contributed by atoms with Crippen LogP contribution in [0.4, 0.5) is 0 Å². The molecule has 4 unspecified atom stereocenters. The smallest absolute Gasteiger partial charge is 0.190 e. The van der Waals surface area contributed by atoms with Crippen molar-refractivity contribution in [3.8, 4) is 0 Å². The third kappa shape index (κ3) is 3.17. The van der Waals surface area contributed by atoms with Gasteiger partial charge in [-0.2, -0.15) is 0 Å². The summed E-state index contributed by atoms with van der Waals surface area (Å²) in [5.74, 6) is 1.19. The molecule has 1 saturated heterocycles. The van der Waals surface area contributed by atoms with Gasteiger partial charge in [-0.3, -0.25) is 10.7 Å². The molecule has 1 aliphatic heterocycles. The predicted octanol–water partition coefficient (Wildman–Crippen LogP) is 2.32. The Balaban J connectivity index is 1.98. The lowest BCUT2D eigenvalue weighted by Crippen LogP contribution is -2.56. The molecule has 3 aliphatic rings. The fourth-order valence-electron chi connectivity index (χ4n) is 5.72. The second-order valence-corrected chi connectivity index (χ2v) is 8.21. The van der Waals surface area contributed by atoms with E-state index in [-0.39, 0.29) is 5.96 Å². The Bertz CT molecular complexity index is 607. The molecule has 2 aliphatic carbocycles. The number of allylic oxidation sites excluding steroid dienone is 3. The summed E-state index contributed by atoms with van der Waals surface area (Å²) in [6.07, 6.45) is 9.27. The van der Waals surface area contributed by atoms with E-state index in [1.807, 2.05) is 6.08 Å². The van der Waals surface area contributed by atoms with Crippen molar-refractivity contribution in [2.24, 2.45) is 33.7 Å². The SMILES string of the molecule is CC1=CC(NO)=C(N=C(N)N)CC1C12CCCCC1C(C)N(C)CC2. The summed E-state index contributed by atoms with van der Waals surface area (Å²) in [5, 5.41) is 9.49. The molecule has 6 N–H and O–H groups in total. The van der Waals surface area contributed by atoms with Gasteiger partial charge in [0.05, 0.1) is 11.4 Å². The van der Waals surface area contributed by atoms with Crippen LogP contribution in [0.5, 0.6) is 0 Å². The molecule has 0 aromatic heterocycles. The van der Waals surface area contributed by atoms with E-state index < -0.39 is 0 Å². The first kappa shape index (κ1) is 18.3. The Morgan fingerprint density at radius 1 is 1.36 bits per heavy atom. The highest BCUT2D eigenvalue weighted by molar-refractivity contribution is 5.77. The van der Waals surface area contributed by atoms with Crippen LogP contribution in [0.2, 0.25) is 0 Å². The van der Waals surface area contributed by atoms with Crippen molar-refractivity contribution in [2.75, 3.05) is 13.6 Å². The van der Waals surface area contributed by atoms with Gasteiger partial charge in [0.2, 0.25) is 0 Å². The van der Waals surface area contributed by atoms with Gasteiger partial charge in [0.15, 0.2) is 5.96 Å². The number of guanidine groups is 1. The summed E-state index contributed by atoms with van der Waals surface area (Å²) in [6, 6.07) is 0.606. The van der Waals surface area contributed by atoms with Gasteiger partial charge in [0.25, 0.3) is 0 Å². The number of rotatable bonds is 3. The first-order valence-electron chi connectivity index (χ1n) is 9.50. The second kappa shape index (κ2) is 7.00. The monoisotopic (exact) mass is 347 g/mol. The van der Waals surface area contributed by atoms with Crippen LogP contribution >= 0.6 is 0 Å². The minimum atomic E-state index is 0.0453. The van der Waals surface area contributed by atoms with Crippen LogP contribution in [-0.2, 0) is 0 Å². The standard InChI is InChI=1S/C19H33N5O/c1-12-10-17(23-25)16(22-18(20)21)11-15(12)19-7-5-4-6-14(19)13(2)24(3)9-8-19/h10,13-15,23,25H,4-9,11H2,1-3H3,(H4,20,21,22). The van der Waals surface area contributed by atoms with Gasteiger partial charge in [-0.25, -0.2) is 4.99 Å². The summed E-state index contributed by atoms with van der Waals surface area (Å²) < 4.78 is 0. The lowest BCUT2D eigenvalue weighted by atomic mass is 9.52. The highest BCUT2D eigenvalue weighted by Crippen LogP contribution is 2.58. The van der Waals surface area contributed by atoms with Crippen molar-refractivity contribution in [2.45, 2.75) is 58.4 Å². The molecule has 0 radical (unpaired) electrons. The highest BCUT2D eigenvalue weighted by atomic mass is 16.5. The average molecular weight is 348 g/mol. The third-order valence-electron chi connectivity index (χ3n) is 7.06. The van der Waals surface area contributed by atoms with E-state index in [9.17, 15) is 5.21 Å². The lowest BCUT2D eigenvalue weighted by Gasteiger charge is -2.58. The number of hydroxylamine groups is 1. The van der Waals surface area contributed by atoms with Crippen molar-refractivity contribution in [3.63, 3.8) is 0 Å². The molecule has 0 amide bonds. The van der Waals surface area contributed by atoms with Gasteiger partial charge in [-0.15, -0.1) is 0 Å². The van der Waals surface area contributed by atoms with Crippen LogP contribution in [0.1, 0.15) is 52.4 Å². The summed E-state index contributed by atoms with van der Waals surface area (Å²) in [7, 11) is 2.26. The van der Waals surface area contributed by atoms with Gasteiger partial charge in [0.1, 0.15) is 0 Å². The van der Waals surface area contributed by atoms with E-state index >= 15 is 0 Å². The van der Waals surface area contributed by atoms with Crippen molar-refractivity contribution in [3.05, 3.63) is 23.0 Å². The molecular weight excluding hydrogens is 314 g/mol. The number of nitrogens with zero attached hydrogens (tertiary/aromatic N) is 2. The van der Waals surface area contributed by atoms with Crippen LogP contribution in [0, 0.1) is 17.3 Å². The quantitative estimate of drug-likeness (QED) is 0.357. The maximum atomic E-state index is 9.49. The summed E-state index contributed by atoms with van der Waals surface area (Å²) >= 11 is 0. The van der Waals surface area contributed by atoms with Gasteiger partial charge >= 0.3 is 0 Å². The number of hydrogen-bond donors (Lipinski definition) is 4. The molecule has 0 aromatic carbocycles. The number of piperidine rings is 1. The van der Waals surface area contributed by atoms with Crippen LogP contribution in [0.25, 0.3) is 0 Å².